The molecule has 0 aliphatic carbocycles. The molecule has 0 spiro atoms. The van der Waals surface area contributed by atoms with Gasteiger partial charge in [-0.15, -0.1) is 12.4 Å². The highest BCUT2D eigenvalue weighted by atomic mass is 35.5. The SMILES string of the molecule is Cc1cccc(Cn2cc(C[C@@H](C(=O)C[C@@H](CC(C)C)C(=O)N(C)[C@@H](C)C(=O)O[C@H](CCC#N)C(=O)O)N(C)C(=O)[C@@H](CC(=O)[C@H](CC(C)C)N(C)C(=O)[C@@H](N)CC(C)C)CC(C)C)c3ccccc32)c1.Cl. The van der Waals surface area contributed by atoms with Crippen LogP contribution in [0.2, 0.25) is 0 Å². The molecule has 1 aromatic heterocycles. The Labute approximate surface area is 434 Å². The van der Waals surface area contributed by atoms with Crippen molar-refractivity contribution in [3.8, 4) is 6.07 Å². The Morgan fingerprint density at radius 1 is 0.708 bits per heavy atom. The van der Waals surface area contributed by atoms with Gasteiger partial charge < -0.3 is 34.8 Å². The number of amides is 3. The van der Waals surface area contributed by atoms with Gasteiger partial charge in [-0.3, -0.25) is 24.0 Å². The van der Waals surface area contributed by atoms with Crippen LogP contribution in [0.25, 0.3) is 10.9 Å². The molecule has 72 heavy (non-hydrogen) atoms. The predicted octanol–water partition coefficient (Wildman–Crippen LogP) is 8.43. The molecule has 3 N–H and O–H groups in total. The summed E-state index contributed by atoms with van der Waals surface area (Å²) in [5.41, 5.74) is 10.3. The van der Waals surface area contributed by atoms with Crippen molar-refractivity contribution in [3.63, 3.8) is 0 Å². The van der Waals surface area contributed by atoms with Gasteiger partial charge in [0.25, 0.3) is 0 Å². The number of benzene rings is 2. The molecule has 3 aromatic rings. The number of hydrogen-bond donors (Lipinski definition) is 2. The summed E-state index contributed by atoms with van der Waals surface area (Å²) in [6.45, 7) is 19.6. The number of nitriles is 1. The number of aryl methyl sites for hydroxylation is 1. The predicted molar refractivity (Wildman–Crippen MR) is 283 cm³/mol. The molecule has 0 saturated heterocycles. The number of aromatic nitrogens is 1. The molecule has 15 nitrogen and oxygen atoms in total. The highest BCUT2D eigenvalue weighted by Gasteiger charge is 2.39. The highest BCUT2D eigenvalue weighted by Crippen LogP contribution is 2.30. The number of ether oxygens (including phenoxy) is 1. The van der Waals surface area contributed by atoms with E-state index in [2.05, 4.69) is 16.7 Å². The van der Waals surface area contributed by atoms with Crippen molar-refractivity contribution in [2.75, 3.05) is 21.1 Å². The number of halogens is 1. The number of esters is 1. The molecule has 0 aliphatic rings. The number of carbonyl (C=O) groups is 7. The molecule has 398 valence electrons. The first kappa shape index (κ1) is 62.5. The van der Waals surface area contributed by atoms with E-state index in [-0.39, 0.29) is 86.3 Å². The summed E-state index contributed by atoms with van der Waals surface area (Å²) in [5.74, 6) is -5.99. The van der Waals surface area contributed by atoms with Crippen molar-refractivity contribution in [2.45, 2.75) is 164 Å². The number of para-hydroxylation sites is 1. The van der Waals surface area contributed by atoms with Crippen molar-refractivity contribution in [1.82, 2.24) is 19.3 Å². The quantitative estimate of drug-likeness (QED) is 0.0630. The summed E-state index contributed by atoms with van der Waals surface area (Å²) in [6, 6.07) is 14.0. The summed E-state index contributed by atoms with van der Waals surface area (Å²) in [5, 5.41) is 19.5. The van der Waals surface area contributed by atoms with Crippen LogP contribution in [0, 0.1) is 53.8 Å². The maximum absolute atomic E-state index is 15.2. The Balaban J connectivity index is 0.0000178. The lowest BCUT2D eigenvalue weighted by Crippen LogP contribution is -2.51. The molecule has 0 bridgehead atoms. The summed E-state index contributed by atoms with van der Waals surface area (Å²) >= 11 is 0. The van der Waals surface area contributed by atoms with Crippen LogP contribution in [0.1, 0.15) is 130 Å². The van der Waals surface area contributed by atoms with E-state index in [0.717, 1.165) is 32.5 Å². The molecule has 7 atom stereocenters. The van der Waals surface area contributed by atoms with Crippen LogP contribution in [-0.4, -0.2) is 117 Å². The fraction of sp³-hybridized carbons (Fsp3) is 0.607. The monoisotopic (exact) mass is 1020 g/mol. The number of hydrogen-bond acceptors (Lipinski definition) is 10. The standard InChI is InChI=1S/C56H82N6O9.ClH/c1-34(2)24-41(52(65)59(11)39(10)56(70)71-51(55(68)69)22-17-23-57)30-50(64)48(29-43-33-62(46-21-15-14-20-44(43)46)32-40-19-16-18-38(9)28-40)60(12)53(66)42(25-35(3)4)31-49(63)47(27-37(7)8)61(13)54(67)45(58)26-36(5)6;/h14-16,18-21,28,33-37,39,41-42,45,47-48,51H,17,22,24-27,29-32,58H2,1-13H3,(H,68,69);1H/t39-,41+,42+,45-,47-,48-,51+;/m0./s1. The average molecular weight is 1020 g/mol. The maximum Gasteiger partial charge on any atom is 0.345 e. The molecule has 0 saturated carbocycles. The second-order valence-corrected chi connectivity index (χ2v) is 21.4. The Morgan fingerprint density at radius 3 is 1.76 bits per heavy atom. The second kappa shape index (κ2) is 29.2. The van der Waals surface area contributed by atoms with E-state index in [1.165, 1.54) is 23.8 Å². The van der Waals surface area contributed by atoms with Crippen LogP contribution in [0.15, 0.2) is 54.7 Å². The molecule has 3 rings (SSSR count). The number of carbonyl (C=O) groups excluding carboxylic acids is 6. The zero-order valence-electron chi connectivity index (χ0n) is 45.1. The maximum atomic E-state index is 15.2. The van der Waals surface area contributed by atoms with Gasteiger partial charge >= 0.3 is 11.9 Å². The minimum atomic E-state index is -1.58. The van der Waals surface area contributed by atoms with Crippen molar-refractivity contribution in [1.29, 1.82) is 5.26 Å². The van der Waals surface area contributed by atoms with Gasteiger partial charge in [-0.2, -0.15) is 5.26 Å². The molecule has 0 radical (unpaired) electrons. The largest absolute Gasteiger partial charge is 0.479 e. The van der Waals surface area contributed by atoms with Gasteiger partial charge in [0.05, 0.1) is 24.2 Å². The number of aliphatic carboxylic acids is 1. The lowest BCUT2D eigenvalue weighted by atomic mass is 9.85. The van der Waals surface area contributed by atoms with E-state index in [1.807, 2.05) is 111 Å². The third-order valence-electron chi connectivity index (χ3n) is 13.3. The Bertz CT molecular complexity index is 2350. The smallest absolute Gasteiger partial charge is 0.345 e. The molecule has 1 heterocycles. The molecular weight excluding hydrogens is 936 g/mol. The van der Waals surface area contributed by atoms with Crippen LogP contribution >= 0.6 is 12.4 Å². The van der Waals surface area contributed by atoms with Gasteiger partial charge in [-0.05, 0) is 80.4 Å². The summed E-state index contributed by atoms with van der Waals surface area (Å²) < 4.78 is 7.37. The van der Waals surface area contributed by atoms with E-state index in [1.54, 1.807) is 14.1 Å². The van der Waals surface area contributed by atoms with Gasteiger partial charge in [-0.1, -0.05) is 103 Å². The van der Waals surface area contributed by atoms with Crippen molar-refractivity contribution in [2.24, 2.45) is 41.2 Å². The van der Waals surface area contributed by atoms with Crippen molar-refractivity contribution >= 4 is 64.5 Å². The topological polar surface area (TPSA) is 213 Å². The molecule has 16 heteroatoms. The van der Waals surface area contributed by atoms with Gasteiger partial charge in [0.15, 0.2) is 17.7 Å². The van der Waals surface area contributed by atoms with Crippen LogP contribution < -0.4 is 5.73 Å². The highest BCUT2D eigenvalue weighted by molar-refractivity contribution is 5.97. The number of Topliss-reactive ketones (excluding diaryl/α,β-unsaturated/α-hetero) is 2. The van der Waals surface area contributed by atoms with Gasteiger partial charge in [0, 0.05) is 88.7 Å². The lowest BCUT2D eigenvalue weighted by Gasteiger charge is -2.34. The number of nitrogens with zero attached hydrogens (tertiary/aromatic N) is 5. The zero-order chi connectivity index (χ0) is 53.4. The number of likely N-dealkylation sites (N-methyl/N-ethyl adjacent to an activating group) is 3. The average Bonchev–Trinajstić information content (AvgIpc) is 3.64. The normalized spacial score (nSPS) is 14.4. The molecule has 3 amide bonds. The summed E-state index contributed by atoms with van der Waals surface area (Å²) in [7, 11) is 4.58. The number of ketones is 2. The minimum Gasteiger partial charge on any atom is -0.479 e. The Hall–Kier alpha value is -5.59. The van der Waals surface area contributed by atoms with E-state index in [4.69, 9.17) is 15.7 Å². The minimum absolute atomic E-state index is 0. The molecule has 2 aromatic carbocycles. The van der Waals surface area contributed by atoms with Crippen LogP contribution in [0.3, 0.4) is 0 Å². The molecular formula is C56H83ClN6O9. The van der Waals surface area contributed by atoms with Gasteiger partial charge in [0.2, 0.25) is 17.7 Å². The first-order chi connectivity index (χ1) is 33.3. The van der Waals surface area contributed by atoms with Gasteiger partial charge in [0.1, 0.15) is 6.04 Å². The van der Waals surface area contributed by atoms with Crippen LogP contribution in [0.4, 0.5) is 0 Å². The Kier molecular flexibility index (Phi) is 25.4. The molecule has 0 aliphatic heterocycles. The summed E-state index contributed by atoms with van der Waals surface area (Å²) in [4.78, 5) is 102. The second-order valence-electron chi connectivity index (χ2n) is 21.4. The first-order valence-electron chi connectivity index (χ1n) is 25.3. The fourth-order valence-electron chi connectivity index (χ4n) is 9.46. The molecule has 0 fully saturated rings. The zero-order valence-corrected chi connectivity index (χ0v) is 45.9. The van der Waals surface area contributed by atoms with Gasteiger partial charge in [-0.25, -0.2) is 9.59 Å². The third kappa shape index (κ3) is 18.2. The number of carboxylic acid groups (broad SMARTS) is 1. The van der Waals surface area contributed by atoms with E-state index >= 15 is 9.59 Å². The molecule has 0 unspecified atom stereocenters. The number of fused-ring (bicyclic) bond motifs is 1. The third-order valence-corrected chi connectivity index (χ3v) is 13.3. The number of nitrogens with two attached hydrogens (primary N) is 1. The van der Waals surface area contributed by atoms with E-state index in [9.17, 15) is 29.1 Å². The van der Waals surface area contributed by atoms with Crippen LogP contribution in [0.5, 0.6) is 0 Å². The van der Waals surface area contributed by atoms with Crippen LogP contribution in [-0.2, 0) is 51.3 Å². The van der Waals surface area contributed by atoms with E-state index in [0.29, 0.717) is 25.8 Å². The van der Waals surface area contributed by atoms with Crippen molar-refractivity contribution in [3.05, 3.63) is 71.4 Å². The number of carboxylic acids is 1. The Morgan fingerprint density at radius 2 is 1.24 bits per heavy atom. The van der Waals surface area contributed by atoms with Crippen molar-refractivity contribution < 1.29 is 43.4 Å². The lowest BCUT2D eigenvalue weighted by molar-refractivity contribution is -0.169. The van der Waals surface area contributed by atoms with E-state index < -0.39 is 71.6 Å². The first-order valence-corrected chi connectivity index (χ1v) is 25.3. The fourth-order valence-corrected chi connectivity index (χ4v) is 9.46. The number of rotatable bonds is 29. The summed E-state index contributed by atoms with van der Waals surface area (Å²) in [6.07, 6.45) is 1.09.